The van der Waals surface area contributed by atoms with Gasteiger partial charge < -0.3 is 9.47 Å². The lowest BCUT2D eigenvalue weighted by Crippen LogP contribution is -2.19. The van der Waals surface area contributed by atoms with E-state index < -0.39 is 9.75 Å². The molecule has 1 aliphatic carbocycles. The van der Waals surface area contributed by atoms with Gasteiger partial charge in [-0.3, -0.25) is 0 Å². The van der Waals surface area contributed by atoms with Crippen LogP contribution in [0.15, 0.2) is 48.5 Å². The largest absolute Gasteiger partial charge is 0.496 e. The molecule has 1 aliphatic rings. The third kappa shape index (κ3) is 2.09. The van der Waals surface area contributed by atoms with Crippen LogP contribution in [0.25, 0.3) is 0 Å². The molecule has 4 heteroatoms. The molecule has 0 aliphatic heterocycles. The van der Waals surface area contributed by atoms with Gasteiger partial charge >= 0.3 is 0 Å². The Hall–Kier alpha value is -1.38. The van der Waals surface area contributed by atoms with Crippen molar-refractivity contribution in [2.45, 2.75) is 16.2 Å². The zero-order valence-corrected chi connectivity index (χ0v) is 13.4. The van der Waals surface area contributed by atoms with E-state index in [2.05, 4.69) is 0 Å². The molecule has 0 N–H and O–H groups in total. The Morgan fingerprint density at radius 2 is 1.19 bits per heavy atom. The van der Waals surface area contributed by atoms with Crippen molar-refractivity contribution in [1.29, 1.82) is 0 Å². The highest BCUT2D eigenvalue weighted by Gasteiger charge is 2.69. The van der Waals surface area contributed by atoms with Crippen LogP contribution in [-0.4, -0.2) is 18.6 Å². The van der Waals surface area contributed by atoms with Crippen LogP contribution in [0.4, 0.5) is 0 Å². The monoisotopic (exact) mass is 322 g/mol. The first-order chi connectivity index (χ1) is 10.1. The fourth-order valence-corrected chi connectivity index (χ4v) is 3.82. The standard InChI is InChI=1S/C17H16Cl2O2/c1-20-14-9-5-3-7-12(14)16(11-17(16,18)19)13-8-4-6-10-15(13)21-2/h3-10H,11H2,1-2H3. The molecular weight excluding hydrogens is 307 g/mol. The van der Waals surface area contributed by atoms with Crippen molar-refractivity contribution in [1.82, 2.24) is 0 Å². The predicted molar refractivity (Wildman–Crippen MR) is 85.8 cm³/mol. The van der Waals surface area contributed by atoms with Crippen LogP contribution in [0, 0.1) is 0 Å². The number of rotatable bonds is 4. The van der Waals surface area contributed by atoms with E-state index in [1.165, 1.54) is 0 Å². The maximum Gasteiger partial charge on any atom is 0.133 e. The first-order valence-electron chi connectivity index (χ1n) is 6.71. The molecule has 1 fully saturated rings. The first-order valence-corrected chi connectivity index (χ1v) is 7.47. The SMILES string of the molecule is COc1ccccc1C1(c2ccccc2OC)CC1(Cl)Cl. The van der Waals surface area contributed by atoms with Gasteiger partial charge in [0.25, 0.3) is 0 Å². The fraction of sp³-hybridized carbons (Fsp3) is 0.294. The van der Waals surface area contributed by atoms with E-state index >= 15 is 0 Å². The van der Waals surface area contributed by atoms with Crippen molar-refractivity contribution in [3.05, 3.63) is 59.7 Å². The summed E-state index contributed by atoms with van der Waals surface area (Å²) in [6, 6.07) is 15.7. The smallest absolute Gasteiger partial charge is 0.133 e. The molecule has 0 spiro atoms. The van der Waals surface area contributed by atoms with Crippen molar-refractivity contribution < 1.29 is 9.47 Å². The molecule has 2 aromatic rings. The Bertz CT molecular complexity index is 620. The van der Waals surface area contributed by atoms with E-state index in [1.807, 2.05) is 48.5 Å². The van der Waals surface area contributed by atoms with E-state index in [4.69, 9.17) is 32.7 Å². The maximum absolute atomic E-state index is 6.55. The number of alkyl halides is 2. The number of para-hydroxylation sites is 2. The highest BCUT2D eigenvalue weighted by Crippen LogP contribution is 2.70. The normalized spacial score (nSPS) is 18.1. The Morgan fingerprint density at radius 3 is 1.52 bits per heavy atom. The quantitative estimate of drug-likeness (QED) is 0.768. The van der Waals surface area contributed by atoms with E-state index in [9.17, 15) is 0 Å². The van der Waals surface area contributed by atoms with Gasteiger partial charge in [0.1, 0.15) is 15.8 Å². The lowest BCUT2D eigenvalue weighted by molar-refractivity contribution is 0.398. The third-order valence-corrected chi connectivity index (χ3v) is 5.03. The molecule has 1 saturated carbocycles. The van der Waals surface area contributed by atoms with E-state index in [0.29, 0.717) is 6.42 Å². The summed E-state index contributed by atoms with van der Waals surface area (Å²) in [5.74, 6) is 1.57. The number of ether oxygens (including phenoxy) is 2. The van der Waals surface area contributed by atoms with Gasteiger partial charge in [0.15, 0.2) is 0 Å². The Balaban J connectivity index is 2.23. The summed E-state index contributed by atoms with van der Waals surface area (Å²) in [5, 5.41) is 0. The third-order valence-electron chi connectivity index (χ3n) is 4.12. The van der Waals surface area contributed by atoms with Crippen LogP contribution in [0.1, 0.15) is 17.5 Å². The second-order valence-electron chi connectivity index (χ2n) is 5.19. The molecule has 0 unspecified atom stereocenters. The molecule has 2 nitrogen and oxygen atoms in total. The van der Waals surface area contributed by atoms with Gasteiger partial charge in [-0.1, -0.05) is 36.4 Å². The summed E-state index contributed by atoms with van der Waals surface area (Å²) in [7, 11) is 3.31. The van der Waals surface area contributed by atoms with Crippen LogP contribution in [0.5, 0.6) is 11.5 Å². The topological polar surface area (TPSA) is 18.5 Å². The molecule has 0 atom stereocenters. The van der Waals surface area contributed by atoms with Crippen LogP contribution in [-0.2, 0) is 5.41 Å². The average Bonchev–Trinajstić information content (AvgIpc) is 3.10. The van der Waals surface area contributed by atoms with Crippen molar-refractivity contribution >= 4 is 23.2 Å². The van der Waals surface area contributed by atoms with Gasteiger partial charge in [0.2, 0.25) is 0 Å². The highest BCUT2D eigenvalue weighted by molar-refractivity contribution is 6.52. The molecule has 0 heterocycles. The van der Waals surface area contributed by atoms with Gasteiger partial charge in [-0.15, -0.1) is 23.2 Å². The van der Waals surface area contributed by atoms with E-state index in [-0.39, 0.29) is 0 Å². The van der Waals surface area contributed by atoms with Gasteiger partial charge in [-0.2, -0.15) is 0 Å². The summed E-state index contributed by atoms with van der Waals surface area (Å²) in [6.07, 6.45) is 0.629. The number of methoxy groups -OCH3 is 2. The molecule has 0 bridgehead atoms. The fourth-order valence-electron chi connectivity index (χ4n) is 3.01. The Labute approximate surface area is 134 Å². The van der Waals surface area contributed by atoms with Gasteiger partial charge in [-0.05, 0) is 18.6 Å². The minimum absolute atomic E-state index is 0.505. The van der Waals surface area contributed by atoms with Gasteiger partial charge in [0.05, 0.1) is 19.6 Å². The second-order valence-corrected chi connectivity index (χ2v) is 6.67. The molecule has 0 amide bonds. The van der Waals surface area contributed by atoms with Crippen LogP contribution < -0.4 is 9.47 Å². The maximum atomic E-state index is 6.55. The lowest BCUT2D eigenvalue weighted by Gasteiger charge is -2.23. The van der Waals surface area contributed by atoms with Crippen molar-refractivity contribution in [3.8, 4) is 11.5 Å². The summed E-state index contributed by atoms with van der Waals surface area (Å²) < 4.78 is 10.1. The van der Waals surface area contributed by atoms with Crippen LogP contribution in [0.3, 0.4) is 0 Å². The van der Waals surface area contributed by atoms with E-state index in [0.717, 1.165) is 22.6 Å². The zero-order valence-electron chi connectivity index (χ0n) is 11.9. The van der Waals surface area contributed by atoms with Gasteiger partial charge in [0, 0.05) is 11.1 Å². The van der Waals surface area contributed by atoms with Crippen molar-refractivity contribution in [3.63, 3.8) is 0 Å². The molecule has 2 aromatic carbocycles. The minimum Gasteiger partial charge on any atom is -0.496 e. The summed E-state index contributed by atoms with van der Waals surface area (Å²) in [5.41, 5.74) is 1.47. The number of hydrogen-bond donors (Lipinski definition) is 0. The zero-order chi connectivity index (χ0) is 15.1. The Kier molecular flexibility index (Phi) is 3.54. The molecule has 3 rings (SSSR count). The Morgan fingerprint density at radius 1 is 0.810 bits per heavy atom. The molecule has 0 radical (unpaired) electrons. The number of hydrogen-bond acceptors (Lipinski definition) is 2. The summed E-state index contributed by atoms with van der Waals surface area (Å²) in [4.78, 5) is 0. The molecule has 0 aromatic heterocycles. The lowest BCUT2D eigenvalue weighted by atomic mass is 9.86. The molecule has 0 saturated heterocycles. The van der Waals surface area contributed by atoms with Crippen LogP contribution >= 0.6 is 23.2 Å². The van der Waals surface area contributed by atoms with Crippen molar-refractivity contribution in [2.24, 2.45) is 0 Å². The number of halogens is 2. The minimum atomic E-state index is -0.865. The molecule has 21 heavy (non-hydrogen) atoms. The number of benzene rings is 2. The highest BCUT2D eigenvalue weighted by atomic mass is 35.5. The second kappa shape index (κ2) is 5.11. The summed E-state index contributed by atoms with van der Waals surface area (Å²) >= 11 is 13.1. The molecular formula is C17H16Cl2O2. The average molecular weight is 323 g/mol. The first kappa shape index (κ1) is 14.6. The van der Waals surface area contributed by atoms with Crippen LogP contribution in [0.2, 0.25) is 0 Å². The van der Waals surface area contributed by atoms with Gasteiger partial charge in [-0.25, -0.2) is 0 Å². The van der Waals surface area contributed by atoms with Crippen molar-refractivity contribution in [2.75, 3.05) is 14.2 Å². The summed E-state index contributed by atoms with van der Waals surface area (Å²) in [6.45, 7) is 0. The predicted octanol–water partition coefficient (Wildman–Crippen LogP) is 4.57. The van der Waals surface area contributed by atoms with E-state index in [1.54, 1.807) is 14.2 Å². The molecule has 110 valence electrons.